The van der Waals surface area contributed by atoms with Crippen molar-refractivity contribution in [2.45, 2.75) is 38.5 Å². The van der Waals surface area contributed by atoms with Gasteiger partial charge in [0.25, 0.3) is 0 Å². The van der Waals surface area contributed by atoms with E-state index in [4.69, 9.17) is 9.39 Å². The van der Waals surface area contributed by atoms with Crippen LogP contribution >= 0.6 is 0 Å². The van der Waals surface area contributed by atoms with Crippen LogP contribution in [0.5, 0.6) is 0 Å². The summed E-state index contributed by atoms with van der Waals surface area (Å²) in [6.45, 7) is 6.73. The summed E-state index contributed by atoms with van der Waals surface area (Å²) in [5.41, 5.74) is 5.82. The largest absolute Gasteiger partial charge is 0.396 e. The average molecular weight is 456 g/mol. The molecule has 5 nitrogen and oxygen atoms in total. The van der Waals surface area contributed by atoms with Gasteiger partial charge in [0.05, 0.1) is 4.90 Å². The van der Waals surface area contributed by atoms with Crippen LogP contribution in [0.1, 0.15) is 27.8 Å². The van der Waals surface area contributed by atoms with Gasteiger partial charge in [-0.2, -0.15) is 17.8 Å². The number of aryl methyl sites for hydroxylation is 3. The molecular weight excluding hydrogens is 422 g/mol. The number of aliphatic hydroxyl groups excluding tert-OH is 1. The zero-order valence-corrected chi connectivity index (χ0v) is 20.1. The molecule has 0 amide bonds. The van der Waals surface area contributed by atoms with E-state index < -0.39 is 10.1 Å². The number of likely N-dealkylation sites (N-methyl/N-ethyl adjacent to an activating group) is 1. The molecule has 0 fully saturated rings. The van der Waals surface area contributed by atoms with E-state index in [2.05, 4.69) is 25.1 Å². The van der Waals surface area contributed by atoms with Crippen LogP contribution in [-0.4, -0.2) is 38.8 Å². The van der Waals surface area contributed by atoms with Crippen molar-refractivity contribution in [1.29, 1.82) is 0 Å². The molecule has 32 heavy (non-hydrogen) atoms. The molecule has 0 aliphatic rings. The van der Waals surface area contributed by atoms with Gasteiger partial charge in [0.2, 0.25) is 0 Å². The molecule has 0 radical (unpaired) electrons. The summed E-state index contributed by atoms with van der Waals surface area (Å²) < 4.78 is 29.4. The molecular formula is C26H33NO4S. The molecule has 0 spiro atoms. The second kappa shape index (κ2) is 12.5. The second-order valence-electron chi connectivity index (χ2n) is 7.89. The molecule has 3 aromatic rings. The van der Waals surface area contributed by atoms with Crippen molar-refractivity contribution < 1.29 is 17.8 Å². The minimum atomic E-state index is -3.76. The molecule has 0 atom stereocenters. The van der Waals surface area contributed by atoms with Crippen molar-refractivity contribution in [3.63, 3.8) is 0 Å². The summed E-state index contributed by atoms with van der Waals surface area (Å²) >= 11 is 0. The van der Waals surface area contributed by atoms with Gasteiger partial charge in [-0.05, 0) is 56.9 Å². The van der Waals surface area contributed by atoms with Gasteiger partial charge in [-0.15, -0.1) is 0 Å². The molecule has 0 saturated carbocycles. The lowest BCUT2D eigenvalue weighted by molar-refractivity contribution is -0.0227. The van der Waals surface area contributed by atoms with Crippen LogP contribution in [0.15, 0.2) is 77.7 Å². The van der Waals surface area contributed by atoms with E-state index in [9.17, 15) is 8.42 Å². The molecule has 0 bridgehead atoms. The first-order valence-corrected chi connectivity index (χ1v) is 12.0. The van der Waals surface area contributed by atoms with Crippen molar-refractivity contribution in [1.82, 2.24) is 5.06 Å². The summed E-state index contributed by atoms with van der Waals surface area (Å²) in [5.74, 6) is 0. The van der Waals surface area contributed by atoms with Gasteiger partial charge in [-0.3, -0.25) is 0 Å². The minimum absolute atomic E-state index is 0.167. The summed E-state index contributed by atoms with van der Waals surface area (Å²) in [7, 11) is -2.14. The number of nitrogens with zero attached hydrogens (tertiary/aromatic N) is 1. The van der Waals surface area contributed by atoms with Crippen LogP contribution in [0, 0.1) is 20.8 Å². The number of rotatable bonds is 8. The van der Waals surface area contributed by atoms with Gasteiger partial charge < -0.3 is 5.11 Å². The van der Waals surface area contributed by atoms with E-state index in [-0.39, 0.29) is 11.5 Å². The molecule has 0 saturated heterocycles. The van der Waals surface area contributed by atoms with E-state index in [0.29, 0.717) is 6.54 Å². The highest BCUT2D eigenvalue weighted by Gasteiger charge is 2.18. The zero-order chi connectivity index (χ0) is 23.6. The smallest absolute Gasteiger partial charge is 0.313 e. The highest BCUT2D eigenvalue weighted by atomic mass is 32.2. The molecule has 6 heteroatoms. The van der Waals surface area contributed by atoms with E-state index in [0.717, 1.165) is 24.0 Å². The monoisotopic (exact) mass is 455 g/mol. The van der Waals surface area contributed by atoms with Gasteiger partial charge in [-0.1, -0.05) is 77.4 Å². The Morgan fingerprint density at radius 2 is 1.31 bits per heavy atom. The Labute approximate surface area is 192 Å². The lowest BCUT2D eigenvalue weighted by atomic mass is 10.1. The molecule has 0 heterocycles. The zero-order valence-electron chi connectivity index (χ0n) is 19.3. The SMILES string of the molecule is Cc1ccc(S(=O)(=O)ON(C)CCc2cccc(C)c2)cc1.Cc1cccc(CCO)c1. The third kappa shape index (κ3) is 8.93. The van der Waals surface area contributed by atoms with Crippen molar-refractivity contribution in [2.24, 2.45) is 0 Å². The summed E-state index contributed by atoms with van der Waals surface area (Å²) in [6.07, 6.45) is 1.49. The Hall–Kier alpha value is -2.51. The molecule has 0 unspecified atom stereocenters. The summed E-state index contributed by atoms with van der Waals surface area (Å²) in [4.78, 5) is 0.167. The highest BCUT2D eigenvalue weighted by Crippen LogP contribution is 2.14. The van der Waals surface area contributed by atoms with Crippen LogP contribution in [0.25, 0.3) is 0 Å². The van der Waals surface area contributed by atoms with Crippen molar-refractivity contribution in [2.75, 3.05) is 20.2 Å². The predicted octanol–water partition coefficient (Wildman–Crippen LogP) is 4.63. The molecule has 3 rings (SSSR count). The number of hydrogen-bond acceptors (Lipinski definition) is 5. The first-order valence-electron chi connectivity index (χ1n) is 10.6. The van der Waals surface area contributed by atoms with E-state index in [1.807, 2.05) is 44.2 Å². The lowest BCUT2D eigenvalue weighted by Gasteiger charge is -2.16. The second-order valence-corrected chi connectivity index (χ2v) is 9.42. The van der Waals surface area contributed by atoms with Gasteiger partial charge in [0.15, 0.2) is 0 Å². The summed E-state index contributed by atoms with van der Waals surface area (Å²) in [5, 5.41) is 9.97. The van der Waals surface area contributed by atoms with Crippen molar-refractivity contribution >= 4 is 10.1 Å². The Morgan fingerprint density at radius 3 is 1.81 bits per heavy atom. The van der Waals surface area contributed by atoms with Gasteiger partial charge in [-0.25, -0.2) is 0 Å². The number of hydrogen-bond donors (Lipinski definition) is 1. The maximum atomic E-state index is 12.2. The van der Waals surface area contributed by atoms with Crippen molar-refractivity contribution in [3.05, 3.63) is 101 Å². The third-order valence-electron chi connectivity index (χ3n) is 4.82. The van der Waals surface area contributed by atoms with Crippen LogP contribution in [0.4, 0.5) is 0 Å². The normalized spacial score (nSPS) is 11.2. The average Bonchev–Trinajstić information content (AvgIpc) is 2.73. The lowest BCUT2D eigenvalue weighted by Crippen LogP contribution is -2.25. The van der Waals surface area contributed by atoms with Gasteiger partial charge in [0, 0.05) is 20.2 Å². The van der Waals surface area contributed by atoms with Crippen LogP contribution < -0.4 is 0 Å². The Bertz CT molecular complexity index is 1080. The van der Waals surface area contributed by atoms with Crippen LogP contribution in [-0.2, 0) is 27.2 Å². The maximum absolute atomic E-state index is 12.2. The summed E-state index contributed by atoms with van der Waals surface area (Å²) in [6, 6.07) is 22.9. The van der Waals surface area contributed by atoms with Gasteiger partial charge >= 0.3 is 10.1 Å². The Balaban J connectivity index is 0.000000303. The fraction of sp³-hybridized carbons (Fsp3) is 0.308. The van der Waals surface area contributed by atoms with Crippen molar-refractivity contribution in [3.8, 4) is 0 Å². The molecule has 172 valence electrons. The predicted molar refractivity (Wildman–Crippen MR) is 129 cm³/mol. The first kappa shape index (κ1) is 25.7. The van der Waals surface area contributed by atoms with E-state index in [1.165, 1.54) is 21.8 Å². The topological polar surface area (TPSA) is 66.8 Å². The molecule has 0 aliphatic heterocycles. The maximum Gasteiger partial charge on any atom is 0.313 e. The Kier molecular flexibility index (Phi) is 10.1. The fourth-order valence-electron chi connectivity index (χ4n) is 3.10. The van der Waals surface area contributed by atoms with E-state index >= 15 is 0 Å². The number of hydroxylamine groups is 2. The Morgan fingerprint density at radius 1 is 0.781 bits per heavy atom. The number of benzene rings is 3. The fourth-order valence-corrected chi connectivity index (χ4v) is 4.07. The van der Waals surface area contributed by atoms with Gasteiger partial charge in [0.1, 0.15) is 0 Å². The molecule has 3 aromatic carbocycles. The van der Waals surface area contributed by atoms with E-state index in [1.54, 1.807) is 31.3 Å². The quantitative estimate of drug-likeness (QED) is 0.502. The molecule has 0 aliphatic carbocycles. The highest BCUT2D eigenvalue weighted by molar-refractivity contribution is 7.86. The third-order valence-corrected chi connectivity index (χ3v) is 6.12. The van der Waals surface area contributed by atoms with Crippen LogP contribution in [0.2, 0.25) is 0 Å². The molecule has 1 N–H and O–H groups in total. The standard InChI is InChI=1S/C17H21NO3S.C9H12O/c1-14-7-9-17(10-8-14)22(19,20)21-18(3)12-11-16-6-4-5-15(2)13-16;1-8-3-2-4-9(7-8)5-6-10/h4-10,13H,11-12H2,1-3H3;2-4,7,10H,5-6H2,1H3. The minimum Gasteiger partial charge on any atom is -0.396 e. The number of aliphatic hydroxyl groups is 1. The first-order chi connectivity index (χ1) is 15.2. The van der Waals surface area contributed by atoms with Crippen LogP contribution in [0.3, 0.4) is 0 Å². The molecule has 0 aromatic heterocycles.